The molecule has 0 spiro atoms. The SMILES string of the molecule is COc1ccc(CNS(=O)(=O)c2ccccc2)c2c(OC)cccc12. The maximum Gasteiger partial charge on any atom is 0.240 e. The van der Waals surface area contributed by atoms with E-state index >= 15 is 0 Å². The Balaban J connectivity index is 2.00. The highest BCUT2D eigenvalue weighted by Gasteiger charge is 2.16. The Bertz CT molecular complexity index is 985. The minimum atomic E-state index is -3.58. The fraction of sp³-hybridized carbons (Fsp3) is 0.158. The molecule has 3 rings (SSSR count). The first kappa shape index (κ1) is 17.3. The van der Waals surface area contributed by atoms with Crippen molar-refractivity contribution in [1.82, 2.24) is 4.72 Å². The van der Waals surface area contributed by atoms with E-state index < -0.39 is 10.0 Å². The number of hydrogen-bond acceptors (Lipinski definition) is 4. The third-order valence-corrected chi connectivity index (χ3v) is 5.41. The first-order chi connectivity index (χ1) is 12.1. The summed E-state index contributed by atoms with van der Waals surface area (Å²) in [6, 6.07) is 17.6. The fourth-order valence-corrected chi connectivity index (χ4v) is 3.80. The highest BCUT2D eigenvalue weighted by Crippen LogP contribution is 2.35. The van der Waals surface area contributed by atoms with Crippen LogP contribution in [0.2, 0.25) is 0 Å². The third-order valence-electron chi connectivity index (χ3n) is 3.99. The van der Waals surface area contributed by atoms with E-state index in [-0.39, 0.29) is 11.4 Å². The average Bonchev–Trinajstić information content (AvgIpc) is 2.66. The molecule has 0 bridgehead atoms. The van der Waals surface area contributed by atoms with Gasteiger partial charge in [-0.1, -0.05) is 36.4 Å². The van der Waals surface area contributed by atoms with E-state index in [2.05, 4.69) is 4.72 Å². The van der Waals surface area contributed by atoms with Crippen LogP contribution < -0.4 is 14.2 Å². The molecule has 3 aromatic rings. The van der Waals surface area contributed by atoms with Crippen molar-refractivity contribution in [3.63, 3.8) is 0 Å². The summed E-state index contributed by atoms with van der Waals surface area (Å²) in [5.74, 6) is 1.38. The van der Waals surface area contributed by atoms with Gasteiger partial charge in [0, 0.05) is 17.3 Å². The second kappa shape index (κ2) is 7.13. The van der Waals surface area contributed by atoms with Crippen molar-refractivity contribution in [3.8, 4) is 11.5 Å². The molecule has 0 aromatic heterocycles. The van der Waals surface area contributed by atoms with Crippen LogP contribution in [0.1, 0.15) is 5.56 Å². The molecule has 0 unspecified atom stereocenters. The second-order valence-corrected chi connectivity index (χ2v) is 7.21. The average molecular weight is 357 g/mol. The van der Waals surface area contributed by atoms with E-state index in [1.165, 1.54) is 0 Å². The van der Waals surface area contributed by atoms with Crippen LogP contribution in [0, 0.1) is 0 Å². The molecule has 0 fully saturated rings. The van der Waals surface area contributed by atoms with Crippen LogP contribution in [0.5, 0.6) is 11.5 Å². The van der Waals surface area contributed by atoms with E-state index in [1.807, 2.05) is 30.3 Å². The molecule has 1 N–H and O–H groups in total. The number of hydrogen-bond donors (Lipinski definition) is 1. The van der Waals surface area contributed by atoms with E-state index in [4.69, 9.17) is 9.47 Å². The van der Waals surface area contributed by atoms with Crippen molar-refractivity contribution in [2.45, 2.75) is 11.4 Å². The maximum atomic E-state index is 12.5. The van der Waals surface area contributed by atoms with Crippen LogP contribution in [0.15, 0.2) is 65.6 Å². The van der Waals surface area contributed by atoms with Crippen molar-refractivity contribution in [3.05, 3.63) is 66.2 Å². The van der Waals surface area contributed by atoms with E-state index in [0.717, 1.165) is 16.3 Å². The smallest absolute Gasteiger partial charge is 0.240 e. The summed E-state index contributed by atoms with van der Waals surface area (Å²) in [4.78, 5) is 0.236. The van der Waals surface area contributed by atoms with Crippen molar-refractivity contribution in [2.24, 2.45) is 0 Å². The molecule has 130 valence electrons. The molecular weight excluding hydrogens is 338 g/mol. The van der Waals surface area contributed by atoms with Crippen LogP contribution in [-0.2, 0) is 16.6 Å². The first-order valence-corrected chi connectivity index (χ1v) is 9.22. The largest absolute Gasteiger partial charge is 0.496 e. The Morgan fingerprint density at radius 1 is 0.840 bits per heavy atom. The Labute approximate surface area is 147 Å². The van der Waals surface area contributed by atoms with Gasteiger partial charge in [-0.2, -0.15) is 0 Å². The molecule has 3 aromatic carbocycles. The minimum Gasteiger partial charge on any atom is -0.496 e. The topological polar surface area (TPSA) is 64.6 Å². The number of nitrogens with one attached hydrogen (secondary N) is 1. The molecule has 0 atom stereocenters. The van der Waals surface area contributed by atoms with Gasteiger partial charge in [0.25, 0.3) is 0 Å². The van der Waals surface area contributed by atoms with Crippen LogP contribution >= 0.6 is 0 Å². The summed E-state index contributed by atoms with van der Waals surface area (Å²) in [6.45, 7) is 0.151. The van der Waals surface area contributed by atoms with E-state index in [0.29, 0.717) is 11.5 Å². The molecule has 5 nitrogen and oxygen atoms in total. The Morgan fingerprint density at radius 2 is 1.56 bits per heavy atom. The van der Waals surface area contributed by atoms with Crippen LogP contribution in [0.3, 0.4) is 0 Å². The number of sulfonamides is 1. The van der Waals surface area contributed by atoms with Gasteiger partial charge in [0.15, 0.2) is 0 Å². The second-order valence-electron chi connectivity index (χ2n) is 5.45. The summed E-state index contributed by atoms with van der Waals surface area (Å²) < 4.78 is 38.4. The molecule has 0 radical (unpaired) electrons. The van der Waals surface area contributed by atoms with Crippen molar-refractivity contribution >= 4 is 20.8 Å². The maximum absolute atomic E-state index is 12.5. The molecule has 0 aliphatic heterocycles. The zero-order chi connectivity index (χ0) is 17.9. The van der Waals surface area contributed by atoms with Gasteiger partial charge in [-0.25, -0.2) is 13.1 Å². The molecule has 0 saturated carbocycles. The van der Waals surface area contributed by atoms with Crippen LogP contribution in [-0.4, -0.2) is 22.6 Å². The van der Waals surface area contributed by atoms with Gasteiger partial charge in [0.2, 0.25) is 10.0 Å². The summed E-state index contributed by atoms with van der Waals surface area (Å²) in [7, 11) is -0.392. The molecular formula is C19H19NO4S. The van der Waals surface area contributed by atoms with Crippen molar-refractivity contribution < 1.29 is 17.9 Å². The third kappa shape index (κ3) is 3.45. The number of fused-ring (bicyclic) bond motifs is 1. The van der Waals surface area contributed by atoms with Gasteiger partial charge in [0.1, 0.15) is 11.5 Å². The first-order valence-electron chi connectivity index (χ1n) is 7.74. The summed E-state index contributed by atoms with van der Waals surface area (Å²) in [6.07, 6.45) is 0. The lowest BCUT2D eigenvalue weighted by Gasteiger charge is -2.14. The van der Waals surface area contributed by atoms with Crippen LogP contribution in [0.25, 0.3) is 10.8 Å². The minimum absolute atomic E-state index is 0.151. The number of methoxy groups -OCH3 is 2. The van der Waals surface area contributed by atoms with E-state index in [1.54, 1.807) is 44.6 Å². The number of ether oxygens (including phenoxy) is 2. The molecule has 0 amide bonds. The van der Waals surface area contributed by atoms with Gasteiger partial charge < -0.3 is 9.47 Å². The number of rotatable bonds is 6. The lowest BCUT2D eigenvalue weighted by Crippen LogP contribution is -2.23. The summed E-state index contributed by atoms with van der Waals surface area (Å²) in [5, 5.41) is 1.71. The van der Waals surface area contributed by atoms with Gasteiger partial charge in [-0.05, 0) is 29.8 Å². The Morgan fingerprint density at radius 3 is 2.24 bits per heavy atom. The highest BCUT2D eigenvalue weighted by molar-refractivity contribution is 7.89. The normalized spacial score (nSPS) is 11.4. The molecule has 0 aliphatic carbocycles. The zero-order valence-corrected chi connectivity index (χ0v) is 14.8. The van der Waals surface area contributed by atoms with Gasteiger partial charge in [-0.15, -0.1) is 0 Å². The van der Waals surface area contributed by atoms with Gasteiger partial charge in [0.05, 0.1) is 19.1 Å². The molecule has 25 heavy (non-hydrogen) atoms. The van der Waals surface area contributed by atoms with Crippen LogP contribution in [0.4, 0.5) is 0 Å². The predicted octanol–water partition coefficient (Wildman–Crippen LogP) is 3.34. The Hall–Kier alpha value is -2.57. The van der Waals surface area contributed by atoms with E-state index in [9.17, 15) is 8.42 Å². The molecule has 6 heteroatoms. The van der Waals surface area contributed by atoms with Crippen molar-refractivity contribution in [2.75, 3.05) is 14.2 Å². The zero-order valence-electron chi connectivity index (χ0n) is 14.0. The Kier molecular flexibility index (Phi) is 4.92. The van der Waals surface area contributed by atoms with Crippen molar-refractivity contribution in [1.29, 1.82) is 0 Å². The summed E-state index contributed by atoms with van der Waals surface area (Å²) >= 11 is 0. The molecule has 0 heterocycles. The monoisotopic (exact) mass is 357 g/mol. The highest BCUT2D eigenvalue weighted by atomic mass is 32.2. The standard InChI is InChI=1S/C19H19NO4S/c1-23-17-12-11-14(19-16(17)9-6-10-18(19)24-2)13-20-25(21,22)15-7-4-3-5-8-15/h3-12,20H,13H2,1-2H3. The summed E-state index contributed by atoms with van der Waals surface area (Å²) in [5.41, 5.74) is 0.813. The molecule has 0 saturated heterocycles. The van der Waals surface area contributed by atoms with Gasteiger partial charge in [-0.3, -0.25) is 0 Å². The lowest BCUT2D eigenvalue weighted by molar-refractivity contribution is 0.415. The molecule has 0 aliphatic rings. The fourth-order valence-electron chi connectivity index (χ4n) is 2.77. The predicted molar refractivity (Wildman–Crippen MR) is 97.5 cm³/mol. The quantitative estimate of drug-likeness (QED) is 0.735. The number of benzene rings is 3. The van der Waals surface area contributed by atoms with Gasteiger partial charge >= 0.3 is 0 Å². The lowest BCUT2D eigenvalue weighted by atomic mass is 10.0.